The van der Waals surface area contributed by atoms with E-state index < -0.39 is 5.43 Å². The molecule has 0 aliphatic carbocycles. The first-order valence-electron chi connectivity index (χ1n) is 9.85. The number of benzene rings is 2. The molecule has 0 bridgehead atoms. The molecule has 0 aliphatic rings. The fourth-order valence-electron chi connectivity index (χ4n) is 3.25. The van der Waals surface area contributed by atoms with Crippen LogP contribution in [0, 0.1) is 0 Å². The molecule has 0 aliphatic heterocycles. The van der Waals surface area contributed by atoms with Crippen molar-refractivity contribution in [3.8, 4) is 34.3 Å². The lowest BCUT2D eigenvalue weighted by atomic mass is 10.0. The number of aromatic hydroxyl groups is 2. The fraction of sp³-hybridized carbons (Fsp3) is 0.273. The number of phenols is 2. The zero-order chi connectivity index (χ0) is 23.3. The van der Waals surface area contributed by atoms with Crippen molar-refractivity contribution in [1.82, 2.24) is 0 Å². The number of methoxy groups -OCH3 is 1. The van der Waals surface area contributed by atoms with Crippen molar-refractivity contribution in [2.24, 2.45) is 16.5 Å². The van der Waals surface area contributed by atoms with Crippen LogP contribution < -0.4 is 26.4 Å². The topological polar surface area (TPSA) is 174 Å². The molecule has 0 fully saturated rings. The number of hydrogen-bond acceptors (Lipinski definition) is 8. The molecule has 1 heterocycles. The van der Waals surface area contributed by atoms with Gasteiger partial charge in [-0.2, -0.15) is 0 Å². The molecule has 0 atom stereocenters. The molecule has 10 nitrogen and oxygen atoms in total. The Hall–Kier alpha value is -3.92. The van der Waals surface area contributed by atoms with Crippen molar-refractivity contribution >= 4 is 16.9 Å². The summed E-state index contributed by atoms with van der Waals surface area (Å²) in [7, 11) is 1.34. The molecule has 0 spiro atoms. The summed E-state index contributed by atoms with van der Waals surface area (Å²) < 4.78 is 17.1. The molecule has 170 valence electrons. The molecule has 10 heteroatoms. The Morgan fingerprint density at radius 1 is 1.16 bits per heavy atom. The van der Waals surface area contributed by atoms with Crippen LogP contribution in [0.5, 0.6) is 23.0 Å². The second-order valence-electron chi connectivity index (χ2n) is 6.90. The Labute approximate surface area is 183 Å². The lowest BCUT2D eigenvalue weighted by Crippen LogP contribution is -2.23. The Morgan fingerprint density at radius 2 is 1.88 bits per heavy atom. The molecule has 3 aromatic rings. The number of hydrogen-bond donors (Lipinski definition) is 5. The SMILES string of the molecule is COc1c(O)c(CCN=C(N)N)c2oc(-c3ccc(O)cc3)cc(=O)c2c1OCCCO. The predicted molar refractivity (Wildman–Crippen MR) is 119 cm³/mol. The molecule has 0 radical (unpaired) electrons. The summed E-state index contributed by atoms with van der Waals surface area (Å²) in [6, 6.07) is 7.42. The lowest BCUT2D eigenvalue weighted by molar-refractivity contribution is 0.228. The van der Waals surface area contributed by atoms with Gasteiger partial charge in [-0.25, -0.2) is 0 Å². The van der Waals surface area contributed by atoms with Crippen LogP contribution in [-0.4, -0.2) is 48.1 Å². The molecular weight excluding hydrogens is 418 g/mol. The number of aliphatic imine (C=N–C) groups is 1. The first kappa shape index (κ1) is 22.8. The van der Waals surface area contributed by atoms with Gasteiger partial charge in [0, 0.05) is 36.8 Å². The minimum Gasteiger partial charge on any atom is -0.508 e. The van der Waals surface area contributed by atoms with Crippen LogP contribution in [0.3, 0.4) is 0 Å². The molecule has 0 saturated heterocycles. The van der Waals surface area contributed by atoms with E-state index in [4.69, 9.17) is 30.5 Å². The second-order valence-corrected chi connectivity index (χ2v) is 6.90. The third-order valence-electron chi connectivity index (χ3n) is 4.72. The maximum Gasteiger partial charge on any atom is 0.204 e. The number of guanidine groups is 1. The van der Waals surface area contributed by atoms with E-state index in [0.717, 1.165) is 0 Å². The fourth-order valence-corrected chi connectivity index (χ4v) is 3.25. The summed E-state index contributed by atoms with van der Waals surface area (Å²) in [5.74, 6) is -0.0927. The van der Waals surface area contributed by atoms with E-state index in [1.54, 1.807) is 12.1 Å². The monoisotopic (exact) mass is 443 g/mol. The lowest BCUT2D eigenvalue weighted by Gasteiger charge is -2.18. The van der Waals surface area contributed by atoms with Gasteiger partial charge < -0.3 is 40.7 Å². The molecule has 1 aromatic heterocycles. The van der Waals surface area contributed by atoms with Gasteiger partial charge >= 0.3 is 0 Å². The van der Waals surface area contributed by atoms with Gasteiger partial charge in [-0.05, 0) is 30.7 Å². The van der Waals surface area contributed by atoms with Crippen LogP contribution in [0.4, 0.5) is 0 Å². The Bertz CT molecular complexity index is 1180. The van der Waals surface area contributed by atoms with E-state index >= 15 is 0 Å². The van der Waals surface area contributed by atoms with Crippen molar-refractivity contribution in [2.75, 3.05) is 26.9 Å². The van der Waals surface area contributed by atoms with E-state index in [0.29, 0.717) is 12.0 Å². The van der Waals surface area contributed by atoms with Crippen LogP contribution in [0.25, 0.3) is 22.3 Å². The summed E-state index contributed by atoms with van der Waals surface area (Å²) >= 11 is 0. The van der Waals surface area contributed by atoms with E-state index in [1.165, 1.54) is 25.3 Å². The Balaban J connectivity index is 2.28. The number of nitrogens with zero attached hydrogens (tertiary/aromatic N) is 1. The molecular formula is C22H25N3O7. The third kappa shape index (κ3) is 4.70. The number of phenolic OH excluding ortho intramolecular Hbond substituents is 2. The quantitative estimate of drug-likeness (QED) is 0.186. The summed E-state index contributed by atoms with van der Waals surface area (Å²) in [5, 5.41) is 29.6. The van der Waals surface area contributed by atoms with Crippen molar-refractivity contribution < 1.29 is 29.2 Å². The van der Waals surface area contributed by atoms with Crippen LogP contribution >= 0.6 is 0 Å². The van der Waals surface area contributed by atoms with Crippen molar-refractivity contribution in [3.05, 3.63) is 46.1 Å². The highest BCUT2D eigenvalue weighted by molar-refractivity contribution is 5.93. The largest absolute Gasteiger partial charge is 0.508 e. The highest BCUT2D eigenvalue weighted by atomic mass is 16.5. The summed E-state index contributed by atoms with van der Waals surface area (Å²) in [4.78, 5) is 17.1. The van der Waals surface area contributed by atoms with Crippen LogP contribution in [-0.2, 0) is 6.42 Å². The number of aliphatic hydroxyl groups is 1. The molecule has 32 heavy (non-hydrogen) atoms. The third-order valence-corrected chi connectivity index (χ3v) is 4.72. The van der Waals surface area contributed by atoms with Gasteiger partial charge in [-0.1, -0.05) is 0 Å². The molecule has 2 aromatic carbocycles. The van der Waals surface area contributed by atoms with Crippen molar-refractivity contribution in [3.63, 3.8) is 0 Å². The summed E-state index contributed by atoms with van der Waals surface area (Å²) in [5.41, 5.74) is 11.3. The molecule has 0 amide bonds. The van der Waals surface area contributed by atoms with Crippen LogP contribution in [0.2, 0.25) is 0 Å². The van der Waals surface area contributed by atoms with Crippen LogP contribution in [0.1, 0.15) is 12.0 Å². The minimum absolute atomic E-state index is 0.0186. The first-order chi connectivity index (χ1) is 15.4. The maximum atomic E-state index is 13.2. The van der Waals surface area contributed by atoms with Gasteiger partial charge in [0.05, 0.1) is 13.7 Å². The molecule has 0 saturated carbocycles. The second kappa shape index (κ2) is 9.92. The average Bonchev–Trinajstić information content (AvgIpc) is 2.76. The van der Waals surface area contributed by atoms with Gasteiger partial charge in [-0.15, -0.1) is 0 Å². The number of nitrogens with two attached hydrogens (primary N) is 2. The number of ether oxygens (including phenoxy) is 2. The smallest absolute Gasteiger partial charge is 0.204 e. The standard InChI is InChI=1S/C22H25N3O7/c1-30-21-18(29)14(7-8-25-22(23)24)19-17(20(21)31-10-2-9-26)15(28)11-16(32-19)12-3-5-13(27)6-4-12/h3-6,11,26-27,29H,2,7-10H2,1H3,(H4,23,24,25). The van der Waals surface area contributed by atoms with Gasteiger partial charge in [0.25, 0.3) is 0 Å². The highest BCUT2D eigenvalue weighted by Crippen LogP contribution is 2.46. The number of fused-ring (bicyclic) bond motifs is 1. The molecule has 3 rings (SSSR count). The normalized spacial score (nSPS) is 10.8. The van der Waals surface area contributed by atoms with Gasteiger partial charge in [0.15, 0.2) is 22.9 Å². The summed E-state index contributed by atoms with van der Waals surface area (Å²) in [6.45, 7) is 0.113. The molecule has 0 unspecified atom stereocenters. The van der Waals surface area contributed by atoms with Gasteiger partial charge in [-0.3, -0.25) is 9.79 Å². The predicted octanol–water partition coefficient (Wildman–Crippen LogP) is 1.46. The number of rotatable bonds is 9. The van der Waals surface area contributed by atoms with E-state index in [9.17, 15) is 15.0 Å². The molecule has 7 N–H and O–H groups in total. The highest BCUT2D eigenvalue weighted by Gasteiger charge is 2.25. The zero-order valence-corrected chi connectivity index (χ0v) is 17.5. The summed E-state index contributed by atoms with van der Waals surface area (Å²) in [6.07, 6.45) is 0.462. The van der Waals surface area contributed by atoms with Crippen molar-refractivity contribution in [1.29, 1.82) is 0 Å². The zero-order valence-electron chi connectivity index (χ0n) is 17.5. The van der Waals surface area contributed by atoms with Crippen molar-refractivity contribution in [2.45, 2.75) is 12.8 Å². The first-order valence-corrected chi connectivity index (χ1v) is 9.85. The number of aliphatic hydroxyl groups excluding tert-OH is 1. The van der Waals surface area contributed by atoms with Gasteiger partial charge in [0.1, 0.15) is 22.5 Å². The minimum atomic E-state index is -0.422. The maximum absolute atomic E-state index is 13.2. The average molecular weight is 443 g/mol. The Kier molecular flexibility index (Phi) is 7.06. The van der Waals surface area contributed by atoms with Gasteiger partial charge in [0.2, 0.25) is 5.75 Å². The van der Waals surface area contributed by atoms with E-state index in [-0.39, 0.29) is 77.4 Å². The van der Waals surface area contributed by atoms with Crippen LogP contribution in [0.15, 0.2) is 44.5 Å². The van der Waals surface area contributed by atoms with E-state index in [1.807, 2.05) is 0 Å². The Morgan fingerprint density at radius 3 is 2.50 bits per heavy atom. The van der Waals surface area contributed by atoms with E-state index in [2.05, 4.69) is 4.99 Å².